The number of para-hydroxylation sites is 1. The van der Waals surface area contributed by atoms with Gasteiger partial charge in [0.2, 0.25) is 0 Å². The molecule has 1 aromatic heterocycles. The van der Waals surface area contributed by atoms with Crippen molar-refractivity contribution in [3.63, 3.8) is 0 Å². The number of aromatic nitrogens is 1. The summed E-state index contributed by atoms with van der Waals surface area (Å²) >= 11 is 0. The summed E-state index contributed by atoms with van der Waals surface area (Å²) in [4.78, 5) is 6.69. The Hall–Kier alpha value is -2.37. The summed E-state index contributed by atoms with van der Waals surface area (Å²) in [5.74, 6) is 1.81. The number of fused-ring (bicyclic) bond motifs is 1. The first kappa shape index (κ1) is 17.1. The highest BCUT2D eigenvalue weighted by molar-refractivity contribution is 5.66. The van der Waals surface area contributed by atoms with Gasteiger partial charge in [0.05, 0.1) is 13.2 Å². The lowest BCUT2D eigenvalue weighted by Gasteiger charge is -2.23. The van der Waals surface area contributed by atoms with Crippen molar-refractivity contribution in [2.24, 2.45) is 5.92 Å². The SMILES string of the molecule is COc1cccc2c1OCC(CN1C[C@@H](Cc3ccccn3)[C@H](O)C1)=C2. The van der Waals surface area contributed by atoms with Gasteiger partial charge in [0.25, 0.3) is 0 Å². The first-order chi connectivity index (χ1) is 12.7. The Morgan fingerprint density at radius 2 is 2.15 bits per heavy atom. The second-order valence-electron chi connectivity index (χ2n) is 7.02. The van der Waals surface area contributed by atoms with Crippen molar-refractivity contribution in [1.82, 2.24) is 9.88 Å². The normalized spacial score (nSPS) is 22.5. The molecule has 2 aromatic rings. The molecule has 0 saturated carbocycles. The molecule has 26 heavy (non-hydrogen) atoms. The third kappa shape index (κ3) is 3.59. The Balaban J connectivity index is 1.41. The van der Waals surface area contributed by atoms with Gasteiger partial charge in [0.1, 0.15) is 6.61 Å². The predicted molar refractivity (Wildman–Crippen MR) is 100 cm³/mol. The topological polar surface area (TPSA) is 54.8 Å². The van der Waals surface area contributed by atoms with Crippen molar-refractivity contribution in [3.05, 3.63) is 59.4 Å². The van der Waals surface area contributed by atoms with Crippen LogP contribution in [0.4, 0.5) is 0 Å². The monoisotopic (exact) mass is 352 g/mol. The molecule has 0 bridgehead atoms. The number of ether oxygens (including phenoxy) is 2. The first-order valence-electron chi connectivity index (χ1n) is 9.02. The molecule has 0 amide bonds. The maximum Gasteiger partial charge on any atom is 0.168 e. The fraction of sp³-hybridized carbons (Fsp3) is 0.381. The number of likely N-dealkylation sites (tertiary alicyclic amines) is 1. The Morgan fingerprint density at radius 1 is 1.23 bits per heavy atom. The molecule has 4 rings (SSSR count). The first-order valence-corrected chi connectivity index (χ1v) is 9.02. The molecule has 1 fully saturated rings. The summed E-state index contributed by atoms with van der Waals surface area (Å²) in [6.45, 7) is 2.94. The molecule has 3 heterocycles. The summed E-state index contributed by atoms with van der Waals surface area (Å²) in [6, 6.07) is 11.9. The highest BCUT2D eigenvalue weighted by Crippen LogP contribution is 2.35. The van der Waals surface area contributed by atoms with Crippen LogP contribution in [-0.4, -0.2) is 54.4 Å². The summed E-state index contributed by atoms with van der Waals surface area (Å²) in [5.41, 5.74) is 3.31. The number of aliphatic hydroxyl groups excluding tert-OH is 1. The van der Waals surface area contributed by atoms with E-state index in [-0.39, 0.29) is 12.0 Å². The van der Waals surface area contributed by atoms with Crippen molar-refractivity contribution in [1.29, 1.82) is 0 Å². The minimum absolute atomic E-state index is 0.224. The zero-order valence-electron chi connectivity index (χ0n) is 15.0. The molecule has 2 aliphatic rings. The van der Waals surface area contributed by atoms with E-state index in [0.29, 0.717) is 13.2 Å². The zero-order chi connectivity index (χ0) is 17.9. The number of hydrogen-bond donors (Lipinski definition) is 1. The standard InChI is InChI=1S/C21H24N2O3/c1-25-20-7-4-5-16-9-15(14-26-21(16)20)11-23-12-17(19(24)13-23)10-18-6-2-3-8-22-18/h2-9,17,19,24H,10-14H2,1H3/t17-,19-/m1/s1. The molecular formula is C21H24N2O3. The van der Waals surface area contributed by atoms with Gasteiger partial charge in [-0.1, -0.05) is 18.2 Å². The molecule has 0 spiro atoms. The van der Waals surface area contributed by atoms with Gasteiger partial charge in [-0.2, -0.15) is 0 Å². The van der Waals surface area contributed by atoms with Crippen LogP contribution in [0.3, 0.4) is 0 Å². The third-order valence-electron chi connectivity index (χ3n) is 5.10. The van der Waals surface area contributed by atoms with E-state index in [1.54, 1.807) is 7.11 Å². The molecular weight excluding hydrogens is 328 g/mol. The molecule has 2 aliphatic heterocycles. The number of benzene rings is 1. The van der Waals surface area contributed by atoms with Crippen molar-refractivity contribution >= 4 is 6.08 Å². The Morgan fingerprint density at radius 3 is 2.96 bits per heavy atom. The van der Waals surface area contributed by atoms with Crippen molar-refractivity contribution in [2.75, 3.05) is 33.4 Å². The van der Waals surface area contributed by atoms with E-state index in [2.05, 4.69) is 16.0 Å². The highest BCUT2D eigenvalue weighted by Gasteiger charge is 2.32. The van der Waals surface area contributed by atoms with Crippen LogP contribution in [0, 0.1) is 5.92 Å². The molecule has 2 atom stereocenters. The second-order valence-corrected chi connectivity index (χ2v) is 7.02. The highest BCUT2D eigenvalue weighted by atomic mass is 16.5. The van der Waals surface area contributed by atoms with E-state index < -0.39 is 0 Å². The molecule has 136 valence electrons. The van der Waals surface area contributed by atoms with Crippen molar-refractivity contribution in [3.8, 4) is 11.5 Å². The molecule has 0 unspecified atom stereocenters. The number of hydrogen-bond acceptors (Lipinski definition) is 5. The smallest absolute Gasteiger partial charge is 0.168 e. The summed E-state index contributed by atoms with van der Waals surface area (Å²) in [6.07, 6.45) is 4.49. The van der Waals surface area contributed by atoms with Gasteiger partial charge >= 0.3 is 0 Å². The summed E-state index contributed by atoms with van der Waals surface area (Å²) in [5, 5.41) is 10.4. The van der Waals surface area contributed by atoms with E-state index in [0.717, 1.165) is 42.3 Å². The maximum atomic E-state index is 10.4. The van der Waals surface area contributed by atoms with Crippen LogP contribution in [0.2, 0.25) is 0 Å². The van der Waals surface area contributed by atoms with Crippen LogP contribution in [0.5, 0.6) is 11.5 Å². The van der Waals surface area contributed by atoms with Gasteiger partial charge in [-0.3, -0.25) is 9.88 Å². The van der Waals surface area contributed by atoms with Gasteiger partial charge in [-0.25, -0.2) is 0 Å². The van der Waals surface area contributed by atoms with Crippen LogP contribution in [0.1, 0.15) is 11.3 Å². The average molecular weight is 352 g/mol. The number of β-amino-alcohol motifs (C(OH)–C–C–N with tert-alkyl or cyclic N) is 1. The number of methoxy groups -OCH3 is 1. The fourth-order valence-electron chi connectivity index (χ4n) is 3.83. The molecule has 1 saturated heterocycles. The molecule has 1 aromatic carbocycles. The van der Waals surface area contributed by atoms with Gasteiger partial charge in [-0.05, 0) is 36.3 Å². The van der Waals surface area contributed by atoms with Crippen LogP contribution >= 0.6 is 0 Å². The van der Waals surface area contributed by atoms with Crippen LogP contribution in [0.25, 0.3) is 6.08 Å². The number of pyridine rings is 1. The molecule has 0 radical (unpaired) electrons. The van der Waals surface area contributed by atoms with Gasteiger partial charge in [0, 0.05) is 43.0 Å². The van der Waals surface area contributed by atoms with Crippen LogP contribution < -0.4 is 9.47 Å². The van der Waals surface area contributed by atoms with Crippen LogP contribution in [-0.2, 0) is 6.42 Å². The second kappa shape index (κ2) is 7.48. The quantitative estimate of drug-likeness (QED) is 0.896. The molecule has 1 N–H and O–H groups in total. The Kier molecular flexibility index (Phi) is 4.91. The molecule has 5 heteroatoms. The maximum absolute atomic E-state index is 10.4. The van der Waals surface area contributed by atoms with E-state index in [1.165, 1.54) is 5.57 Å². The minimum Gasteiger partial charge on any atom is -0.493 e. The lowest BCUT2D eigenvalue weighted by molar-refractivity contribution is 0.141. The Labute approximate surface area is 153 Å². The van der Waals surface area contributed by atoms with Gasteiger partial charge in [-0.15, -0.1) is 0 Å². The number of nitrogens with zero attached hydrogens (tertiary/aromatic N) is 2. The number of aliphatic hydroxyl groups is 1. The lowest BCUT2D eigenvalue weighted by Crippen LogP contribution is -2.27. The summed E-state index contributed by atoms with van der Waals surface area (Å²) in [7, 11) is 1.66. The molecule has 5 nitrogen and oxygen atoms in total. The van der Waals surface area contributed by atoms with E-state index in [9.17, 15) is 5.11 Å². The van der Waals surface area contributed by atoms with Gasteiger partial charge < -0.3 is 14.6 Å². The predicted octanol–water partition coefficient (Wildman–Crippen LogP) is 2.40. The van der Waals surface area contributed by atoms with Crippen LogP contribution in [0.15, 0.2) is 48.2 Å². The average Bonchev–Trinajstić information content (AvgIpc) is 3.00. The summed E-state index contributed by atoms with van der Waals surface area (Å²) < 4.78 is 11.3. The Bertz CT molecular complexity index is 791. The molecule has 0 aliphatic carbocycles. The van der Waals surface area contributed by atoms with E-state index >= 15 is 0 Å². The van der Waals surface area contributed by atoms with E-state index in [1.807, 2.05) is 42.6 Å². The van der Waals surface area contributed by atoms with Crippen molar-refractivity contribution < 1.29 is 14.6 Å². The fourth-order valence-corrected chi connectivity index (χ4v) is 3.83. The largest absolute Gasteiger partial charge is 0.493 e. The lowest BCUT2D eigenvalue weighted by atomic mass is 10.00. The number of rotatable bonds is 5. The third-order valence-corrected chi connectivity index (χ3v) is 5.10. The minimum atomic E-state index is -0.311. The van der Waals surface area contributed by atoms with Gasteiger partial charge in [0.15, 0.2) is 11.5 Å². The zero-order valence-corrected chi connectivity index (χ0v) is 15.0. The van der Waals surface area contributed by atoms with E-state index in [4.69, 9.17) is 9.47 Å². The van der Waals surface area contributed by atoms with Crippen molar-refractivity contribution in [2.45, 2.75) is 12.5 Å².